The highest BCUT2D eigenvalue weighted by Gasteiger charge is 2.46. The molecule has 4 heterocycles. The van der Waals surface area contributed by atoms with Crippen molar-refractivity contribution in [2.45, 2.75) is 50.4 Å². The summed E-state index contributed by atoms with van der Waals surface area (Å²) in [6.45, 7) is 3.63. The maximum absolute atomic E-state index is 14.1. The summed E-state index contributed by atoms with van der Waals surface area (Å²) in [4.78, 5) is 13.5. The maximum Gasteiger partial charge on any atom is 0.418 e. The van der Waals surface area contributed by atoms with Gasteiger partial charge in [-0.05, 0) is 40.9 Å². The topological polar surface area (TPSA) is 84.6 Å². The van der Waals surface area contributed by atoms with Gasteiger partial charge in [0.15, 0.2) is 0 Å². The number of aromatic nitrogens is 2. The van der Waals surface area contributed by atoms with Crippen molar-refractivity contribution >= 4 is 11.9 Å². The lowest BCUT2D eigenvalue weighted by Gasteiger charge is -2.42. The standard InChI is InChI=1S/C28H33F3N6O3/c1-4-6-22(39-3)13-32-12-19-9-23(28(29,30)31)24-15-36(26(38)37(24)14-19)21-8-5-7-20(10-21)27(16-40-17-27)11-25-34-33-18-35(25)2/h5,7-10,14-15,18,22,32H,4,6,11-13,16-17H2,1-3H3/q+1. The van der Waals surface area contributed by atoms with Crippen molar-refractivity contribution in [3.05, 3.63) is 76.1 Å². The number of halogens is 3. The first-order valence-corrected chi connectivity index (χ1v) is 13.2. The third-order valence-electron chi connectivity index (χ3n) is 7.57. The molecule has 12 heteroatoms. The number of hydrogen-bond acceptors (Lipinski definition) is 6. The first kappa shape index (κ1) is 28.2. The zero-order chi connectivity index (χ0) is 28.5. The van der Waals surface area contributed by atoms with Crippen molar-refractivity contribution in [3.8, 4) is 5.69 Å². The van der Waals surface area contributed by atoms with Crippen LogP contribution < -0.4 is 11.0 Å². The van der Waals surface area contributed by atoms with Crippen LogP contribution in [0.4, 0.5) is 13.2 Å². The van der Waals surface area contributed by atoms with Gasteiger partial charge >= 0.3 is 24.4 Å². The Morgan fingerprint density at radius 3 is 2.67 bits per heavy atom. The van der Waals surface area contributed by atoms with E-state index in [1.165, 1.54) is 17.0 Å². The molecule has 1 unspecified atom stereocenters. The van der Waals surface area contributed by atoms with E-state index in [0.29, 0.717) is 37.4 Å². The lowest BCUT2D eigenvalue weighted by Crippen LogP contribution is -2.48. The number of imidazole rings is 1. The van der Waals surface area contributed by atoms with Crippen LogP contribution in [-0.4, -0.2) is 59.9 Å². The van der Waals surface area contributed by atoms with Crippen LogP contribution in [0.15, 0.2) is 57.7 Å². The van der Waals surface area contributed by atoms with Crippen molar-refractivity contribution in [3.63, 3.8) is 0 Å². The molecular formula is C28H33F3N6O3+. The fourth-order valence-corrected chi connectivity index (χ4v) is 5.23. The lowest BCUT2D eigenvalue weighted by molar-refractivity contribution is -0.478. The van der Waals surface area contributed by atoms with Crippen LogP contribution in [-0.2, 0) is 27.6 Å². The van der Waals surface area contributed by atoms with Gasteiger partial charge in [-0.1, -0.05) is 25.5 Å². The number of benzene rings is 1. The van der Waals surface area contributed by atoms with Gasteiger partial charge in [-0.3, -0.25) is 8.97 Å². The van der Waals surface area contributed by atoms with Crippen LogP contribution in [0.5, 0.6) is 0 Å². The highest BCUT2D eigenvalue weighted by Crippen LogP contribution is 2.41. The van der Waals surface area contributed by atoms with Crippen molar-refractivity contribution in [1.82, 2.24) is 14.3 Å². The number of nitrogens with one attached hydrogen (secondary N) is 1. The molecule has 2 aromatic heterocycles. The zero-order valence-corrected chi connectivity index (χ0v) is 22.7. The fraction of sp³-hybridized carbons (Fsp3) is 0.464. The van der Waals surface area contributed by atoms with Crippen LogP contribution in [0.2, 0.25) is 0 Å². The highest BCUT2D eigenvalue weighted by molar-refractivity contribution is 5.58. The Bertz CT molecular complexity index is 1490. The molecule has 1 radical (unpaired) electrons. The molecule has 1 aromatic carbocycles. The second-order valence-corrected chi connectivity index (χ2v) is 10.4. The average molecular weight is 559 g/mol. The maximum atomic E-state index is 14.1. The Balaban J connectivity index is 1.48. The van der Waals surface area contributed by atoms with E-state index in [1.807, 2.05) is 30.7 Å². The molecule has 9 nitrogen and oxygen atoms in total. The summed E-state index contributed by atoms with van der Waals surface area (Å²) in [5.74, 6) is 0. The van der Waals surface area contributed by atoms with E-state index < -0.39 is 17.4 Å². The largest absolute Gasteiger partial charge is 0.418 e. The Morgan fingerprint density at radius 1 is 1.25 bits per heavy atom. The van der Waals surface area contributed by atoms with Gasteiger partial charge in [-0.2, -0.15) is 13.2 Å². The smallest absolute Gasteiger partial charge is 0.380 e. The Morgan fingerprint density at radius 2 is 2.05 bits per heavy atom. The molecule has 0 aliphatic carbocycles. The summed E-state index contributed by atoms with van der Waals surface area (Å²) in [5.41, 5.74) is -0.253. The first-order valence-electron chi connectivity index (χ1n) is 13.2. The third-order valence-corrected chi connectivity index (χ3v) is 7.57. The summed E-state index contributed by atoms with van der Waals surface area (Å²) in [6.07, 6.45) is 2.83. The van der Waals surface area contributed by atoms with E-state index in [9.17, 15) is 18.0 Å². The summed E-state index contributed by atoms with van der Waals surface area (Å²) >= 11 is 0. The van der Waals surface area contributed by atoms with E-state index in [0.717, 1.165) is 35.0 Å². The third kappa shape index (κ3) is 5.48. The lowest BCUT2D eigenvalue weighted by atomic mass is 9.75. The van der Waals surface area contributed by atoms with Gasteiger partial charge in [0.1, 0.15) is 0 Å². The van der Waals surface area contributed by atoms with Crippen molar-refractivity contribution < 1.29 is 27.2 Å². The van der Waals surface area contributed by atoms with Gasteiger partial charge in [0.25, 0.3) is 0 Å². The summed E-state index contributed by atoms with van der Waals surface area (Å²) in [6, 6.07) is 8.41. The quantitative estimate of drug-likeness (QED) is 0.356. The molecular weight excluding hydrogens is 525 g/mol. The summed E-state index contributed by atoms with van der Waals surface area (Å²) in [7, 11) is 3.48. The SMILES string of the molecule is CCCC(CNCc1cc(C(F)(F)F)c2cn(-c3cccc(C4(C[C]5N=NC=[N+]5C)COC4)c3)c(=O)n2c1)OC. The Hall–Kier alpha value is -3.35. The van der Waals surface area contributed by atoms with Crippen molar-refractivity contribution in [2.24, 2.45) is 10.2 Å². The molecule has 1 fully saturated rings. The molecule has 1 N–H and O–H groups in total. The molecule has 5 rings (SSSR count). The van der Waals surface area contributed by atoms with E-state index >= 15 is 0 Å². The Kier molecular flexibility index (Phi) is 7.94. The normalized spacial score (nSPS) is 17.8. The minimum Gasteiger partial charge on any atom is -0.380 e. The van der Waals surface area contributed by atoms with Crippen LogP contribution in [0.25, 0.3) is 11.2 Å². The molecule has 40 heavy (non-hydrogen) atoms. The number of hydrogen-bond donors (Lipinski definition) is 1. The molecule has 3 aromatic rings. The van der Waals surface area contributed by atoms with Crippen LogP contribution in [0, 0.1) is 6.17 Å². The van der Waals surface area contributed by atoms with Crippen LogP contribution in [0.3, 0.4) is 0 Å². The van der Waals surface area contributed by atoms with Crippen LogP contribution in [0.1, 0.15) is 42.9 Å². The summed E-state index contributed by atoms with van der Waals surface area (Å²) < 4.78 is 57.6. The number of fused-ring (bicyclic) bond motifs is 1. The molecule has 213 valence electrons. The van der Waals surface area contributed by atoms with Gasteiger partial charge in [-0.25, -0.2) is 9.37 Å². The Labute approximate surface area is 229 Å². The van der Waals surface area contributed by atoms with E-state index in [1.54, 1.807) is 25.6 Å². The zero-order valence-electron chi connectivity index (χ0n) is 22.7. The number of rotatable bonds is 11. The molecule has 2 aliphatic heterocycles. The predicted octanol–water partition coefficient (Wildman–Crippen LogP) is 4.30. The molecule has 1 saturated heterocycles. The van der Waals surface area contributed by atoms with Gasteiger partial charge < -0.3 is 14.8 Å². The fourth-order valence-electron chi connectivity index (χ4n) is 5.23. The number of methoxy groups -OCH3 is 1. The highest BCUT2D eigenvalue weighted by atomic mass is 19.4. The van der Waals surface area contributed by atoms with Crippen molar-refractivity contribution in [1.29, 1.82) is 0 Å². The molecule has 0 saturated carbocycles. The molecule has 0 amide bonds. The van der Waals surface area contributed by atoms with E-state index in [2.05, 4.69) is 15.5 Å². The predicted molar refractivity (Wildman–Crippen MR) is 143 cm³/mol. The monoisotopic (exact) mass is 558 g/mol. The number of pyridine rings is 1. The number of alkyl halides is 3. The molecule has 0 bridgehead atoms. The second-order valence-electron chi connectivity index (χ2n) is 10.4. The minimum absolute atomic E-state index is 0.0371. The van der Waals surface area contributed by atoms with E-state index in [-0.39, 0.29) is 23.6 Å². The number of ether oxygens (including phenoxy) is 2. The van der Waals surface area contributed by atoms with Gasteiger partial charge in [0, 0.05) is 44.4 Å². The van der Waals surface area contributed by atoms with Crippen LogP contribution >= 0.6 is 0 Å². The minimum atomic E-state index is -4.64. The molecule has 2 aliphatic rings. The molecule has 1 atom stereocenters. The number of azo groups is 1. The number of nitrogens with zero attached hydrogens (tertiary/aromatic N) is 5. The van der Waals surface area contributed by atoms with Gasteiger partial charge in [0.2, 0.25) is 0 Å². The van der Waals surface area contributed by atoms with Gasteiger partial charge in [0.05, 0.1) is 48.2 Å². The van der Waals surface area contributed by atoms with Crippen molar-refractivity contribution in [2.75, 3.05) is 33.9 Å². The second kappa shape index (κ2) is 11.3. The van der Waals surface area contributed by atoms with Gasteiger partial charge in [-0.15, -0.1) is 0 Å². The summed E-state index contributed by atoms with van der Waals surface area (Å²) in [5, 5.41) is 11.3. The van der Waals surface area contributed by atoms with E-state index in [4.69, 9.17) is 9.47 Å². The molecule has 0 spiro atoms. The first-order chi connectivity index (χ1) is 19.1. The average Bonchev–Trinajstić information content (AvgIpc) is 3.46.